The molecule has 0 spiro atoms. The molecular formula is C15H20N2O3. The molecule has 0 amide bonds. The zero-order valence-electron chi connectivity index (χ0n) is 12.5. The highest BCUT2D eigenvalue weighted by atomic mass is 16.5. The number of phenols is 1. The molecule has 0 radical (unpaired) electrons. The summed E-state index contributed by atoms with van der Waals surface area (Å²) >= 11 is 0. The van der Waals surface area contributed by atoms with E-state index in [0.717, 1.165) is 11.1 Å². The fraction of sp³-hybridized carbons (Fsp3) is 0.467. The lowest BCUT2D eigenvalue weighted by molar-refractivity contribution is 0.00718. The van der Waals surface area contributed by atoms with Crippen molar-refractivity contribution in [2.75, 3.05) is 7.11 Å². The first kappa shape index (κ1) is 14.5. The Morgan fingerprint density at radius 2 is 2.00 bits per heavy atom. The van der Waals surface area contributed by atoms with Gasteiger partial charge < -0.3 is 14.4 Å². The molecule has 2 rings (SSSR count). The van der Waals surface area contributed by atoms with Crippen LogP contribution in [0, 0.1) is 12.3 Å². The normalized spacial score (nSPS) is 13.4. The molecule has 1 unspecified atom stereocenters. The predicted octanol–water partition coefficient (Wildman–Crippen LogP) is 3.48. The molecule has 5 heteroatoms. The highest BCUT2D eigenvalue weighted by Crippen LogP contribution is 2.35. The minimum Gasteiger partial charge on any atom is -0.508 e. The first-order chi connectivity index (χ1) is 9.32. The molecule has 5 nitrogen and oxygen atoms in total. The highest BCUT2D eigenvalue weighted by Gasteiger charge is 2.30. The topological polar surface area (TPSA) is 68.4 Å². The Balaban J connectivity index is 2.35. The van der Waals surface area contributed by atoms with Crippen molar-refractivity contribution < 1.29 is 14.4 Å². The van der Waals surface area contributed by atoms with Crippen LogP contribution in [0.4, 0.5) is 0 Å². The largest absolute Gasteiger partial charge is 0.508 e. The molecule has 0 saturated heterocycles. The average molecular weight is 276 g/mol. The standard InChI is InChI=1S/C15H20N2O3/c1-9-8-10(6-7-11(9)18)14-16-13(17-20-14)12(19-5)15(2,3)4/h6-8,12,18H,1-5H3. The minimum absolute atomic E-state index is 0.124. The van der Waals surface area contributed by atoms with Crippen molar-refractivity contribution in [2.24, 2.45) is 5.41 Å². The third kappa shape index (κ3) is 2.82. The summed E-state index contributed by atoms with van der Waals surface area (Å²) in [5, 5.41) is 13.6. The van der Waals surface area contributed by atoms with Crippen LogP contribution in [0.15, 0.2) is 22.7 Å². The van der Waals surface area contributed by atoms with Crippen LogP contribution in [-0.2, 0) is 4.74 Å². The molecule has 0 aliphatic carbocycles. The van der Waals surface area contributed by atoms with E-state index in [0.29, 0.717) is 11.7 Å². The monoisotopic (exact) mass is 276 g/mol. The van der Waals surface area contributed by atoms with Gasteiger partial charge in [0, 0.05) is 12.7 Å². The van der Waals surface area contributed by atoms with E-state index in [9.17, 15) is 5.11 Å². The van der Waals surface area contributed by atoms with Crippen LogP contribution in [0.1, 0.15) is 38.3 Å². The fourth-order valence-electron chi connectivity index (χ4n) is 2.09. The van der Waals surface area contributed by atoms with Crippen LogP contribution in [-0.4, -0.2) is 22.4 Å². The second kappa shape index (κ2) is 5.25. The van der Waals surface area contributed by atoms with Crippen molar-refractivity contribution >= 4 is 0 Å². The van der Waals surface area contributed by atoms with Gasteiger partial charge in [0.05, 0.1) is 0 Å². The van der Waals surface area contributed by atoms with Crippen LogP contribution in [0.2, 0.25) is 0 Å². The molecule has 1 atom stereocenters. The number of ether oxygens (including phenoxy) is 1. The maximum atomic E-state index is 9.54. The van der Waals surface area contributed by atoms with Gasteiger partial charge in [0.1, 0.15) is 11.9 Å². The zero-order valence-corrected chi connectivity index (χ0v) is 12.5. The van der Waals surface area contributed by atoms with E-state index < -0.39 is 0 Å². The number of aryl methyl sites for hydroxylation is 1. The molecule has 20 heavy (non-hydrogen) atoms. The molecular weight excluding hydrogens is 256 g/mol. The zero-order chi connectivity index (χ0) is 14.9. The van der Waals surface area contributed by atoms with Gasteiger partial charge in [-0.3, -0.25) is 0 Å². The van der Waals surface area contributed by atoms with E-state index in [1.165, 1.54) is 0 Å². The number of aromatic nitrogens is 2. The third-order valence-corrected chi connectivity index (χ3v) is 3.14. The highest BCUT2D eigenvalue weighted by molar-refractivity contribution is 5.56. The average Bonchev–Trinajstić information content (AvgIpc) is 2.81. The van der Waals surface area contributed by atoms with Crippen LogP contribution < -0.4 is 0 Å². The van der Waals surface area contributed by atoms with E-state index >= 15 is 0 Å². The lowest BCUT2D eigenvalue weighted by atomic mass is 9.88. The summed E-state index contributed by atoms with van der Waals surface area (Å²) in [6.45, 7) is 7.99. The minimum atomic E-state index is -0.238. The number of nitrogens with zero attached hydrogens (tertiary/aromatic N) is 2. The molecule has 0 saturated carbocycles. The first-order valence-corrected chi connectivity index (χ1v) is 6.49. The Morgan fingerprint density at radius 3 is 2.55 bits per heavy atom. The lowest BCUT2D eigenvalue weighted by Crippen LogP contribution is -2.21. The van der Waals surface area contributed by atoms with Gasteiger partial charge in [-0.1, -0.05) is 25.9 Å². The lowest BCUT2D eigenvalue weighted by Gasteiger charge is -2.26. The summed E-state index contributed by atoms with van der Waals surface area (Å²) in [5.74, 6) is 1.20. The van der Waals surface area contributed by atoms with Crippen molar-refractivity contribution in [3.05, 3.63) is 29.6 Å². The number of hydrogen-bond donors (Lipinski definition) is 1. The summed E-state index contributed by atoms with van der Waals surface area (Å²) in [6, 6.07) is 5.18. The SMILES string of the molecule is COC(c1noc(-c2ccc(O)c(C)c2)n1)C(C)(C)C. The second-order valence-electron chi connectivity index (χ2n) is 5.94. The summed E-state index contributed by atoms with van der Waals surface area (Å²) in [4.78, 5) is 4.40. The van der Waals surface area contributed by atoms with Crippen LogP contribution in [0.3, 0.4) is 0 Å². The van der Waals surface area contributed by atoms with Crippen molar-refractivity contribution in [3.8, 4) is 17.2 Å². The Morgan fingerprint density at radius 1 is 1.30 bits per heavy atom. The molecule has 1 aromatic heterocycles. The number of benzene rings is 1. The molecule has 2 aromatic rings. The van der Waals surface area contributed by atoms with E-state index in [4.69, 9.17) is 9.26 Å². The Labute approximate surface area is 118 Å². The van der Waals surface area contributed by atoms with Gasteiger partial charge in [-0.05, 0) is 36.1 Å². The Kier molecular flexibility index (Phi) is 3.81. The second-order valence-corrected chi connectivity index (χ2v) is 5.94. The molecule has 1 aromatic carbocycles. The van der Waals surface area contributed by atoms with Gasteiger partial charge in [-0.25, -0.2) is 0 Å². The molecule has 0 aliphatic heterocycles. The molecule has 1 heterocycles. The molecule has 0 aliphatic rings. The molecule has 0 fully saturated rings. The third-order valence-electron chi connectivity index (χ3n) is 3.14. The van der Waals surface area contributed by atoms with Gasteiger partial charge in [0.25, 0.3) is 5.89 Å². The van der Waals surface area contributed by atoms with Gasteiger partial charge in [0.2, 0.25) is 5.82 Å². The summed E-state index contributed by atoms with van der Waals surface area (Å²) < 4.78 is 10.8. The molecule has 108 valence electrons. The van der Waals surface area contributed by atoms with Crippen molar-refractivity contribution in [1.29, 1.82) is 0 Å². The number of rotatable bonds is 3. The number of methoxy groups -OCH3 is 1. The fourth-order valence-corrected chi connectivity index (χ4v) is 2.09. The van der Waals surface area contributed by atoms with E-state index in [1.54, 1.807) is 19.2 Å². The number of hydrogen-bond acceptors (Lipinski definition) is 5. The summed E-state index contributed by atoms with van der Waals surface area (Å²) in [6.07, 6.45) is -0.238. The van der Waals surface area contributed by atoms with Gasteiger partial charge in [0.15, 0.2) is 0 Å². The van der Waals surface area contributed by atoms with Crippen molar-refractivity contribution in [3.63, 3.8) is 0 Å². The van der Waals surface area contributed by atoms with Gasteiger partial charge in [-0.2, -0.15) is 4.98 Å². The maximum Gasteiger partial charge on any atom is 0.258 e. The molecule has 1 N–H and O–H groups in total. The van der Waals surface area contributed by atoms with Crippen molar-refractivity contribution in [2.45, 2.75) is 33.8 Å². The van der Waals surface area contributed by atoms with Crippen LogP contribution in [0.5, 0.6) is 5.75 Å². The van der Waals surface area contributed by atoms with Crippen LogP contribution in [0.25, 0.3) is 11.5 Å². The predicted molar refractivity (Wildman–Crippen MR) is 75.3 cm³/mol. The first-order valence-electron chi connectivity index (χ1n) is 6.49. The maximum absolute atomic E-state index is 9.54. The van der Waals surface area contributed by atoms with E-state index in [2.05, 4.69) is 30.9 Å². The Bertz CT molecular complexity index is 599. The Hall–Kier alpha value is -1.88. The van der Waals surface area contributed by atoms with Gasteiger partial charge in [-0.15, -0.1) is 0 Å². The van der Waals surface area contributed by atoms with E-state index in [-0.39, 0.29) is 17.3 Å². The quantitative estimate of drug-likeness (QED) is 0.929. The molecule has 0 bridgehead atoms. The van der Waals surface area contributed by atoms with Gasteiger partial charge >= 0.3 is 0 Å². The summed E-state index contributed by atoms with van der Waals surface area (Å²) in [7, 11) is 1.64. The van der Waals surface area contributed by atoms with E-state index in [1.807, 2.05) is 13.0 Å². The number of phenolic OH excluding ortho intramolecular Hbond substituents is 1. The summed E-state index contributed by atoms with van der Waals surface area (Å²) in [5.41, 5.74) is 1.42. The van der Waals surface area contributed by atoms with Crippen LogP contribution >= 0.6 is 0 Å². The smallest absolute Gasteiger partial charge is 0.258 e. The van der Waals surface area contributed by atoms with Crippen molar-refractivity contribution in [1.82, 2.24) is 10.1 Å². The number of aromatic hydroxyl groups is 1.